The van der Waals surface area contributed by atoms with Gasteiger partial charge in [0.2, 0.25) is 0 Å². The fraction of sp³-hybridized carbons (Fsp3) is 0.462. The summed E-state index contributed by atoms with van der Waals surface area (Å²) in [5, 5.41) is 10.8. The minimum Gasteiger partial charge on any atom is -0.465 e. The van der Waals surface area contributed by atoms with Crippen LogP contribution in [0.25, 0.3) is 0 Å². The average molecular weight is 252 g/mol. The molecule has 1 amide bonds. The van der Waals surface area contributed by atoms with Crippen molar-refractivity contribution in [1.82, 2.24) is 10.2 Å². The number of nitrogens with zero attached hydrogens (tertiary/aromatic N) is 1. The summed E-state index contributed by atoms with van der Waals surface area (Å²) in [6.45, 7) is 1.70. The average Bonchev–Trinajstić information content (AvgIpc) is 2.33. The molecular weight excluding hydrogens is 235 g/mol. The lowest BCUT2D eigenvalue weighted by molar-refractivity contribution is 0.0955. The van der Waals surface area contributed by atoms with Gasteiger partial charge < -0.3 is 10.4 Å². The normalized spacial score (nSPS) is 24.7. The van der Waals surface area contributed by atoms with Crippen LogP contribution in [0, 0.1) is 0 Å². The predicted molar refractivity (Wildman–Crippen MR) is 66.2 cm³/mol. The first kappa shape index (κ1) is 12.8. The Morgan fingerprint density at radius 1 is 1.44 bits per heavy atom. The summed E-state index contributed by atoms with van der Waals surface area (Å²) in [4.78, 5) is 12.5. The number of piperidine rings is 1. The number of carbonyl (C=O) groups is 1. The van der Waals surface area contributed by atoms with E-state index in [0.29, 0.717) is 19.5 Å². The molecule has 0 aromatic heterocycles. The zero-order chi connectivity index (χ0) is 13.0. The molecule has 1 aromatic carbocycles. The first-order valence-electron chi connectivity index (χ1n) is 6.05. The van der Waals surface area contributed by atoms with E-state index in [4.69, 9.17) is 5.11 Å². The highest BCUT2D eigenvalue weighted by Gasteiger charge is 2.30. The quantitative estimate of drug-likeness (QED) is 0.863. The summed E-state index contributed by atoms with van der Waals surface area (Å²) in [6.07, 6.45) is -1.78. The van der Waals surface area contributed by atoms with Crippen molar-refractivity contribution in [2.24, 2.45) is 0 Å². The molecule has 0 aliphatic carbocycles. The van der Waals surface area contributed by atoms with Crippen molar-refractivity contribution in [3.8, 4) is 0 Å². The zero-order valence-electron chi connectivity index (χ0n) is 10.1. The van der Waals surface area contributed by atoms with Gasteiger partial charge in [-0.1, -0.05) is 30.3 Å². The van der Waals surface area contributed by atoms with Crippen LogP contribution in [0.4, 0.5) is 9.18 Å². The standard InChI is InChI=1S/C13H17FN2O2/c14-11-9-16(7-6-12(11)15-13(17)18)8-10-4-2-1-3-5-10/h1-5,11-12,15H,6-9H2,(H,17,18). The number of benzene rings is 1. The number of nitrogens with one attached hydrogen (secondary N) is 1. The number of alkyl halides is 1. The highest BCUT2D eigenvalue weighted by molar-refractivity contribution is 5.64. The number of carboxylic acid groups (broad SMARTS) is 1. The topological polar surface area (TPSA) is 52.6 Å². The molecule has 1 aliphatic rings. The summed E-state index contributed by atoms with van der Waals surface area (Å²) in [6, 6.07) is 9.31. The third kappa shape index (κ3) is 3.43. The molecule has 98 valence electrons. The Bertz CT molecular complexity index is 399. The van der Waals surface area contributed by atoms with Crippen molar-refractivity contribution in [1.29, 1.82) is 0 Å². The monoisotopic (exact) mass is 252 g/mol. The van der Waals surface area contributed by atoms with Gasteiger partial charge in [0.25, 0.3) is 0 Å². The Hall–Kier alpha value is -1.62. The Morgan fingerprint density at radius 3 is 2.78 bits per heavy atom. The van der Waals surface area contributed by atoms with Crippen LogP contribution in [0.3, 0.4) is 0 Å². The van der Waals surface area contributed by atoms with Crippen molar-refractivity contribution < 1.29 is 14.3 Å². The van der Waals surface area contributed by atoms with Crippen molar-refractivity contribution >= 4 is 6.09 Å². The predicted octanol–water partition coefficient (Wildman–Crippen LogP) is 1.87. The maximum absolute atomic E-state index is 13.8. The van der Waals surface area contributed by atoms with Crippen LogP contribution < -0.4 is 5.32 Å². The highest BCUT2D eigenvalue weighted by Crippen LogP contribution is 2.16. The lowest BCUT2D eigenvalue weighted by Gasteiger charge is -2.34. The molecule has 1 aliphatic heterocycles. The fourth-order valence-electron chi connectivity index (χ4n) is 2.27. The van der Waals surface area contributed by atoms with Gasteiger partial charge in [-0.05, 0) is 12.0 Å². The number of rotatable bonds is 3. The Balaban J connectivity index is 1.86. The smallest absolute Gasteiger partial charge is 0.404 e. The van der Waals surface area contributed by atoms with Crippen molar-refractivity contribution in [3.63, 3.8) is 0 Å². The summed E-state index contributed by atoms with van der Waals surface area (Å²) in [7, 11) is 0. The molecule has 0 radical (unpaired) electrons. The molecular formula is C13H17FN2O2. The van der Waals surface area contributed by atoms with Crippen LogP contribution in [0.2, 0.25) is 0 Å². The molecule has 18 heavy (non-hydrogen) atoms. The lowest BCUT2D eigenvalue weighted by Crippen LogP contribution is -2.51. The molecule has 2 atom stereocenters. The first-order valence-corrected chi connectivity index (χ1v) is 6.05. The molecule has 2 unspecified atom stereocenters. The zero-order valence-corrected chi connectivity index (χ0v) is 10.1. The van der Waals surface area contributed by atoms with E-state index in [1.165, 1.54) is 0 Å². The number of hydrogen-bond donors (Lipinski definition) is 2. The molecule has 1 fully saturated rings. The van der Waals surface area contributed by atoms with Gasteiger partial charge in [-0.2, -0.15) is 0 Å². The second kappa shape index (κ2) is 5.82. The fourth-order valence-corrected chi connectivity index (χ4v) is 2.27. The number of amides is 1. The second-order valence-corrected chi connectivity index (χ2v) is 4.58. The molecule has 0 saturated carbocycles. The van der Waals surface area contributed by atoms with E-state index < -0.39 is 18.3 Å². The van der Waals surface area contributed by atoms with Gasteiger partial charge in [0, 0.05) is 19.6 Å². The molecule has 5 heteroatoms. The van der Waals surface area contributed by atoms with Gasteiger partial charge in [-0.15, -0.1) is 0 Å². The van der Waals surface area contributed by atoms with Crippen molar-refractivity contribution in [2.45, 2.75) is 25.2 Å². The summed E-state index contributed by atoms with van der Waals surface area (Å²) >= 11 is 0. The van der Waals surface area contributed by atoms with E-state index in [0.717, 1.165) is 5.56 Å². The molecule has 2 rings (SSSR count). The molecule has 4 nitrogen and oxygen atoms in total. The number of halogens is 1. The van der Waals surface area contributed by atoms with Gasteiger partial charge in [0.15, 0.2) is 0 Å². The Labute approximate surface area is 105 Å². The van der Waals surface area contributed by atoms with Crippen LogP contribution >= 0.6 is 0 Å². The summed E-state index contributed by atoms with van der Waals surface area (Å²) in [5.41, 5.74) is 1.15. The number of likely N-dealkylation sites (tertiary alicyclic amines) is 1. The van der Waals surface area contributed by atoms with Crippen LogP contribution in [-0.4, -0.2) is 41.4 Å². The Kier molecular flexibility index (Phi) is 4.15. The maximum Gasteiger partial charge on any atom is 0.404 e. The third-order valence-electron chi connectivity index (χ3n) is 3.18. The Morgan fingerprint density at radius 2 is 2.17 bits per heavy atom. The highest BCUT2D eigenvalue weighted by atomic mass is 19.1. The lowest BCUT2D eigenvalue weighted by atomic mass is 10.0. The van der Waals surface area contributed by atoms with Gasteiger partial charge in [-0.25, -0.2) is 9.18 Å². The van der Waals surface area contributed by atoms with E-state index in [1.807, 2.05) is 35.2 Å². The van der Waals surface area contributed by atoms with E-state index in [1.54, 1.807) is 0 Å². The molecule has 2 N–H and O–H groups in total. The van der Waals surface area contributed by atoms with E-state index in [-0.39, 0.29) is 6.54 Å². The third-order valence-corrected chi connectivity index (χ3v) is 3.18. The maximum atomic E-state index is 13.8. The molecule has 1 aromatic rings. The molecule has 1 saturated heterocycles. The van der Waals surface area contributed by atoms with E-state index >= 15 is 0 Å². The molecule has 0 bridgehead atoms. The van der Waals surface area contributed by atoms with Crippen LogP contribution in [0.15, 0.2) is 30.3 Å². The number of hydrogen-bond acceptors (Lipinski definition) is 2. The summed E-state index contributed by atoms with van der Waals surface area (Å²) < 4.78 is 13.8. The largest absolute Gasteiger partial charge is 0.465 e. The minimum atomic E-state index is -1.15. The first-order chi connectivity index (χ1) is 8.65. The van der Waals surface area contributed by atoms with Gasteiger partial charge in [0.1, 0.15) is 6.17 Å². The minimum absolute atomic E-state index is 0.278. The SMILES string of the molecule is O=C(O)NC1CCN(Cc2ccccc2)CC1F. The van der Waals surface area contributed by atoms with Crippen LogP contribution in [0.1, 0.15) is 12.0 Å². The summed E-state index contributed by atoms with van der Waals surface area (Å²) in [5.74, 6) is 0. The van der Waals surface area contributed by atoms with E-state index in [9.17, 15) is 9.18 Å². The van der Waals surface area contributed by atoms with Crippen molar-refractivity contribution in [2.75, 3.05) is 13.1 Å². The van der Waals surface area contributed by atoms with Crippen molar-refractivity contribution in [3.05, 3.63) is 35.9 Å². The van der Waals surface area contributed by atoms with Crippen LogP contribution in [-0.2, 0) is 6.54 Å². The molecule has 0 spiro atoms. The van der Waals surface area contributed by atoms with Crippen LogP contribution in [0.5, 0.6) is 0 Å². The van der Waals surface area contributed by atoms with E-state index in [2.05, 4.69) is 5.32 Å². The van der Waals surface area contributed by atoms with Gasteiger partial charge in [0.05, 0.1) is 6.04 Å². The van der Waals surface area contributed by atoms with Gasteiger partial charge >= 0.3 is 6.09 Å². The molecule has 1 heterocycles. The van der Waals surface area contributed by atoms with Gasteiger partial charge in [-0.3, -0.25) is 4.90 Å². The second-order valence-electron chi connectivity index (χ2n) is 4.58.